The molecule has 2 rings (SSSR count). The molecule has 1 unspecified atom stereocenters. The van der Waals surface area contributed by atoms with Crippen molar-refractivity contribution in [3.05, 3.63) is 35.9 Å². The van der Waals surface area contributed by atoms with Crippen LogP contribution < -0.4 is 10.6 Å². The highest BCUT2D eigenvalue weighted by Gasteiger charge is 2.23. The smallest absolute Gasteiger partial charge is 0.191 e. The molecule has 30 heavy (non-hydrogen) atoms. The number of halogens is 1. The Kier molecular flexibility index (Phi) is 11.6. The van der Waals surface area contributed by atoms with Crippen LogP contribution in [-0.4, -0.2) is 63.5 Å². The molecule has 172 valence electrons. The highest BCUT2D eigenvalue weighted by molar-refractivity contribution is 14.0. The average Bonchev–Trinajstić information content (AvgIpc) is 2.66. The van der Waals surface area contributed by atoms with Gasteiger partial charge in [0.1, 0.15) is 9.84 Å². The van der Waals surface area contributed by atoms with Crippen LogP contribution in [0.1, 0.15) is 45.6 Å². The third-order valence-electron chi connectivity index (χ3n) is 5.25. The minimum absolute atomic E-state index is 0. The van der Waals surface area contributed by atoms with Crippen molar-refractivity contribution in [1.82, 2.24) is 15.5 Å². The Hall–Kier alpha value is -0.870. The van der Waals surface area contributed by atoms with Crippen molar-refractivity contribution in [1.29, 1.82) is 0 Å². The van der Waals surface area contributed by atoms with Crippen molar-refractivity contribution in [3.8, 4) is 0 Å². The Labute approximate surface area is 200 Å². The van der Waals surface area contributed by atoms with Gasteiger partial charge in [0.05, 0.1) is 5.75 Å². The van der Waals surface area contributed by atoms with Gasteiger partial charge in [0.2, 0.25) is 0 Å². The Morgan fingerprint density at radius 1 is 1.27 bits per heavy atom. The molecule has 1 heterocycles. The van der Waals surface area contributed by atoms with Gasteiger partial charge in [-0.1, -0.05) is 44.2 Å². The molecule has 8 heteroatoms. The number of sulfone groups is 1. The Morgan fingerprint density at radius 2 is 1.97 bits per heavy atom. The molecule has 1 aliphatic rings. The molecular weight excluding hydrogens is 511 g/mol. The fraction of sp³-hybridized carbons (Fsp3) is 0.682. The lowest BCUT2D eigenvalue weighted by Gasteiger charge is -2.34. The van der Waals surface area contributed by atoms with Crippen LogP contribution in [0.5, 0.6) is 0 Å². The molecule has 1 atom stereocenters. The van der Waals surface area contributed by atoms with E-state index in [0.29, 0.717) is 19.0 Å². The molecule has 1 saturated heterocycles. The van der Waals surface area contributed by atoms with E-state index >= 15 is 0 Å². The molecule has 6 nitrogen and oxygen atoms in total. The minimum atomic E-state index is -2.95. The third kappa shape index (κ3) is 10.9. The summed E-state index contributed by atoms with van der Waals surface area (Å²) in [7, 11) is -2.95. The summed E-state index contributed by atoms with van der Waals surface area (Å²) >= 11 is 0. The number of rotatable bonds is 9. The van der Waals surface area contributed by atoms with Crippen molar-refractivity contribution in [2.45, 2.75) is 52.6 Å². The van der Waals surface area contributed by atoms with E-state index in [4.69, 9.17) is 4.99 Å². The first-order valence-electron chi connectivity index (χ1n) is 10.7. The highest BCUT2D eigenvalue weighted by atomic mass is 127. The lowest BCUT2D eigenvalue weighted by molar-refractivity contribution is 0.192. The highest BCUT2D eigenvalue weighted by Crippen LogP contribution is 2.21. The second-order valence-electron chi connectivity index (χ2n) is 8.94. The van der Waals surface area contributed by atoms with E-state index in [1.807, 2.05) is 0 Å². The van der Waals surface area contributed by atoms with E-state index in [-0.39, 0.29) is 35.1 Å². The van der Waals surface area contributed by atoms with Crippen LogP contribution in [-0.2, 0) is 16.4 Å². The fourth-order valence-electron chi connectivity index (χ4n) is 3.51. The van der Waals surface area contributed by atoms with Crippen molar-refractivity contribution in [3.63, 3.8) is 0 Å². The van der Waals surface area contributed by atoms with Crippen LogP contribution in [0.15, 0.2) is 35.3 Å². The van der Waals surface area contributed by atoms with Crippen LogP contribution in [0, 0.1) is 5.41 Å². The van der Waals surface area contributed by atoms with Crippen LogP contribution in [0.25, 0.3) is 0 Å². The van der Waals surface area contributed by atoms with Gasteiger partial charge in [0.15, 0.2) is 5.96 Å². The van der Waals surface area contributed by atoms with Crippen LogP contribution in [0.3, 0.4) is 0 Å². The molecule has 2 N–H and O–H groups in total. The standard InChI is InChI=1S/C22H38N4O2S.HI/c1-5-23-21(24-18-22(2,3)13-15-29(4,27)28)25-20-12-9-14-26(17-20)16-19-10-7-6-8-11-19;/h6-8,10-11,20H,5,9,12-18H2,1-4H3,(H2,23,24,25);1H. The quantitative estimate of drug-likeness (QED) is 0.281. The maximum absolute atomic E-state index is 11.5. The van der Waals surface area contributed by atoms with E-state index in [1.165, 1.54) is 18.2 Å². The van der Waals surface area contributed by atoms with E-state index in [1.54, 1.807) is 0 Å². The predicted molar refractivity (Wildman–Crippen MR) is 137 cm³/mol. The van der Waals surface area contributed by atoms with E-state index < -0.39 is 9.84 Å². The summed E-state index contributed by atoms with van der Waals surface area (Å²) in [5.41, 5.74) is 1.19. The summed E-state index contributed by atoms with van der Waals surface area (Å²) in [5, 5.41) is 6.94. The Morgan fingerprint density at radius 3 is 2.60 bits per heavy atom. The number of hydrogen-bond donors (Lipinski definition) is 2. The van der Waals surface area contributed by atoms with Gasteiger partial charge in [-0.05, 0) is 43.7 Å². The van der Waals surface area contributed by atoms with Crippen molar-refractivity contribution in [2.75, 3.05) is 38.2 Å². The normalized spacial score (nSPS) is 18.5. The number of nitrogens with zero attached hydrogens (tertiary/aromatic N) is 2. The molecule has 1 aromatic rings. The van der Waals surface area contributed by atoms with Gasteiger partial charge in [-0.25, -0.2) is 8.42 Å². The van der Waals surface area contributed by atoms with Gasteiger partial charge < -0.3 is 10.6 Å². The average molecular weight is 551 g/mol. The summed E-state index contributed by atoms with van der Waals surface area (Å²) in [6, 6.07) is 11.0. The van der Waals surface area contributed by atoms with Gasteiger partial charge in [0.25, 0.3) is 0 Å². The maximum Gasteiger partial charge on any atom is 0.191 e. The number of aliphatic imine (C=N–C) groups is 1. The first kappa shape index (κ1) is 27.2. The van der Waals surface area contributed by atoms with E-state index in [0.717, 1.165) is 38.6 Å². The molecule has 0 radical (unpaired) electrons. The molecule has 0 aliphatic carbocycles. The minimum Gasteiger partial charge on any atom is -0.357 e. The van der Waals surface area contributed by atoms with Gasteiger partial charge in [-0.3, -0.25) is 9.89 Å². The lowest BCUT2D eigenvalue weighted by Crippen LogP contribution is -2.51. The second-order valence-corrected chi connectivity index (χ2v) is 11.2. The fourth-order valence-corrected chi connectivity index (χ4v) is 4.43. The van der Waals surface area contributed by atoms with Crippen molar-refractivity contribution >= 4 is 39.8 Å². The van der Waals surface area contributed by atoms with Gasteiger partial charge in [-0.15, -0.1) is 24.0 Å². The summed E-state index contributed by atoms with van der Waals surface area (Å²) < 4.78 is 23.0. The maximum atomic E-state index is 11.5. The number of benzene rings is 1. The predicted octanol–water partition coefficient (Wildman–Crippen LogP) is 3.29. The van der Waals surface area contributed by atoms with Crippen molar-refractivity contribution in [2.24, 2.45) is 10.4 Å². The van der Waals surface area contributed by atoms with Gasteiger partial charge in [0, 0.05) is 38.5 Å². The summed E-state index contributed by atoms with van der Waals surface area (Å²) in [6.07, 6.45) is 4.21. The third-order valence-corrected chi connectivity index (χ3v) is 6.20. The molecule has 0 aromatic heterocycles. The SMILES string of the molecule is CCNC(=NCC(C)(C)CCS(C)(=O)=O)NC1CCCN(Cc2ccccc2)C1.I. The zero-order chi connectivity index (χ0) is 21.3. The Bertz CT molecular complexity index is 754. The summed E-state index contributed by atoms with van der Waals surface area (Å²) in [6.45, 7) is 10.7. The molecule has 1 aliphatic heterocycles. The van der Waals surface area contributed by atoms with Crippen LogP contribution in [0.4, 0.5) is 0 Å². The van der Waals surface area contributed by atoms with E-state index in [9.17, 15) is 8.42 Å². The lowest BCUT2D eigenvalue weighted by atomic mass is 9.90. The van der Waals surface area contributed by atoms with Gasteiger partial charge >= 0.3 is 0 Å². The zero-order valence-corrected chi connectivity index (χ0v) is 22.0. The number of guanidine groups is 1. The number of likely N-dealkylation sites (tertiary alicyclic amines) is 1. The molecule has 0 spiro atoms. The summed E-state index contributed by atoms with van der Waals surface area (Å²) in [4.78, 5) is 7.27. The molecular formula is C22H39IN4O2S. The van der Waals surface area contributed by atoms with Crippen molar-refractivity contribution < 1.29 is 8.42 Å². The number of hydrogen-bond acceptors (Lipinski definition) is 4. The monoisotopic (exact) mass is 550 g/mol. The summed E-state index contributed by atoms with van der Waals surface area (Å²) in [5.74, 6) is 1.03. The van der Waals surface area contributed by atoms with Crippen LogP contribution >= 0.6 is 24.0 Å². The second kappa shape index (κ2) is 12.9. The largest absolute Gasteiger partial charge is 0.357 e. The first-order valence-corrected chi connectivity index (χ1v) is 12.7. The number of piperidine rings is 1. The molecule has 0 amide bonds. The molecule has 0 saturated carbocycles. The number of nitrogens with one attached hydrogen (secondary N) is 2. The molecule has 1 aromatic carbocycles. The molecule has 1 fully saturated rings. The Balaban J connectivity index is 0.00000450. The van der Waals surface area contributed by atoms with E-state index in [2.05, 4.69) is 66.6 Å². The van der Waals surface area contributed by atoms with Gasteiger partial charge in [-0.2, -0.15) is 0 Å². The van der Waals surface area contributed by atoms with Crippen LogP contribution in [0.2, 0.25) is 0 Å². The topological polar surface area (TPSA) is 73.8 Å². The molecule has 0 bridgehead atoms. The first-order chi connectivity index (χ1) is 13.7. The zero-order valence-electron chi connectivity index (χ0n) is 18.9.